The fourth-order valence-corrected chi connectivity index (χ4v) is 4.85. The standard InChI is InChI=1S/C22H21N5O2S2/c1-14-6-3-4-7-16(14)25-22(29)23-11-12-27-19(28)10-9-17(26-27)20-15(2)24-21(31-20)18-8-5-13-30-18/h3-10,13H,11-12H2,1-2H3,(H2,23,25,29). The molecule has 3 aromatic heterocycles. The average molecular weight is 452 g/mol. The summed E-state index contributed by atoms with van der Waals surface area (Å²) < 4.78 is 1.37. The number of carbonyl (C=O) groups is 1. The van der Waals surface area contributed by atoms with E-state index < -0.39 is 0 Å². The SMILES string of the molecule is Cc1ccccc1NC(=O)NCCn1nc(-c2sc(-c3cccs3)nc2C)ccc1=O. The van der Waals surface area contributed by atoms with Crippen LogP contribution in [0.1, 0.15) is 11.3 Å². The van der Waals surface area contributed by atoms with Gasteiger partial charge in [0, 0.05) is 18.3 Å². The van der Waals surface area contributed by atoms with E-state index in [2.05, 4.69) is 20.7 Å². The highest BCUT2D eigenvalue weighted by Crippen LogP contribution is 2.35. The molecule has 0 radical (unpaired) electrons. The highest BCUT2D eigenvalue weighted by Gasteiger charge is 2.14. The second kappa shape index (κ2) is 9.23. The Morgan fingerprint density at radius 1 is 1.10 bits per heavy atom. The number of urea groups is 1. The molecule has 0 atom stereocenters. The lowest BCUT2D eigenvalue weighted by molar-refractivity contribution is 0.251. The van der Waals surface area contributed by atoms with Gasteiger partial charge in [-0.3, -0.25) is 4.79 Å². The molecule has 0 unspecified atom stereocenters. The van der Waals surface area contributed by atoms with Crippen LogP contribution in [0.4, 0.5) is 10.5 Å². The number of rotatable bonds is 6. The minimum Gasteiger partial charge on any atom is -0.336 e. The number of hydrogen-bond donors (Lipinski definition) is 2. The largest absolute Gasteiger partial charge is 0.336 e. The van der Waals surface area contributed by atoms with Gasteiger partial charge in [-0.15, -0.1) is 22.7 Å². The average Bonchev–Trinajstić information content (AvgIpc) is 3.41. The normalized spacial score (nSPS) is 10.8. The van der Waals surface area contributed by atoms with Crippen LogP contribution in [0.2, 0.25) is 0 Å². The van der Waals surface area contributed by atoms with Crippen molar-refractivity contribution in [3.8, 4) is 20.5 Å². The lowest BCUT2D eigenvalue weighted by atomic mass is 10.2. The minimum atomic E-state index is -0.322. The number of aryl methyl sites for hydroxylation is 2. The minimum absolute atomic E-state index is 0.217. The Morgan fingerprint density at radius 3 is 2.71 bits per heavy atom. The van der Waals surface area contributed by atoms with Gasteiger partial charge in [0.15, 0.2) is 0 Å². The van der Waals surface area contributed by atoms with Crippen molar-refractivity contribution < 1.29 is 4.79 Å². The van der Waals surface area contributed by atoms with Crippen LogP contribution in [0.5, 0.6) is 0 Å². The Morgan fingerprint density at radius 2 is 1.94 bits per heavy atom. The number of nitrogens with zero attached hydrogens (tertiary/aromatic N) is 3. The molecule has 158 valence electrons. The Kier molecular flexibility index (Phi) is 6.24. The van der Waals surface area contributed by atoms with E-state index in [9.17, 15) is 9.59 Å². The molecule has 4 rings (SSSR count). The number of thiazole rings is 1. The van der Waals surface area contributed by atoms with Gasteiger partial charge in [-0.1, -0.05) is 24.3 Å². The molecule has 9 heteroatoms. The second-order valence-electron chi connectivity index (χ2n) is 6.89. The number of amides is 2. The zero-order valence-corrected chi connectivity index (χ0v) is 18.7. The molecule has 0 aliphatic rings. The molecule has 0 fully saturated rings. The molecule has 0 saturated carbocycles. The summed E-state index contributed by atoms with van der Waals surface area (Å²) in [6.07, 6.45) is 0. The monoisotopic (exact) mass is 451 g/mol. The summed E-state index contributed by atoms with van der Waals surface area (Å²) in [5.41, 5.74) is 3.08. The molecule has 3 heterocycles. The maximum absolute atomic E-state index is 12.3. The van der Waals surface area contributed by atoms with Gasteiger partial charge in [-0.05, 0) is 43.0 Å². The van der Waals surface area contributed by atoms with E-state index in [1.807, 2.05) is 55.6 Å². The van der Waals surface area contributed by atoms with E-state index in [0.717, 1.165) is 31.7 Å². The Bertz CT molecular complexity index is 1260. The first-order valence-electron chi connectivity index (χ1n) is 9.71. The number of carbonyl (C=O) groups excluding carboxylic acids is 1. The van der Waals surface area contributed by atoms with Crippen LogP contribution in [0, 0.1) is 13.8 Å². The third-order valence-corrected chi connectivity index (χ3v) is 6.85. The van der Waals surface area contributed by atoms with Crippen LogP contribution in [0.25, 0.3) is 20.5 Å². The first-order valence-corrected chi connectivity index (χ1v) is 11.4. The maximum atomic E-state index is 12.3. The zero-order chi connectivity index (χ0) is 21.8. The zero-order valence-electron chi connectivity index (χ0n) is 17.1. The van der Waals surface area contributed by atoms with Crippen LogP contribution in [0.15, 0.2) is 58.7 Å². The highest BCUT2D eigenvalue weighted by atomic mass is 32.1. The molecule has 0 aliphatic heterocycles. The molecule has 0 bridgehead atoms. The number of hydrogen-bond acceptors (Lipinski definition) is 6. The van der Waals surface area contributed by atoms with Crippen molar-refractivity contribution in [3.05, 3.63) is 75.5 Å². The van der Waals surface area contributed by atoms with Gasteiger partial charge in [-0.25, -0.2) is 14.5 Å². The number of para-hydroxylation sites is 1. The fraction of sp³-hybridized carbons (Fsp3) is 0.182. The third-order valence-electron chi connectivity index (χ3n) is 4.63. The predicted octanol–water partition coefficient (Wildman–Crippen LogP) is 4.53. The van der Waals surface area contributed by atoms with Gasteiger partial charge in [0.25, 0.3) is 5.56 Å². The Labute approximate surface area is 187 Å². The lowest BCUT2D eigenvalue weighted by Crippen LogP contribution is -2.34. The number of anilines is 1. The van der Waals surface area contributed by atoms with Gasteiger partial charge in [0.2, 0.25) is 0 Å². The van der Waals surface area contributed by atoms with Crippen molar-refractivity contribution in [1.29, 1.82) is 0 Å². The van der Waals surface area contributed by atoms with Crippen LogP contribution in [-0.2, 0) is 6.54 Å². The maximum Gasteiger partial charge on any atom is 0.319 e. The molecule has 31 heavy (non-hydrogen) atoms. The van der Waals surface area contributed by atoms with E-state index in [1.54, 1.807) is 28.7 Å². The lowest BCUT2D eigenvalue weighted by Gasteiger charge is -2.10. The van der Waals surface area contributed by atoms with Crippen molar-refractivity contribution in [3.63, 3.8) is 0 Å². The van der Waals surface area contributed by atoms with Crippen LogP contribution in [0.3, 0.4) is 0 Å². The van der Waals surface area contributed by atoms with E-state index >= 15 is 0 Å². The van der Waals surface area contributed by atoms with Crippen molar-refractivity contribution in [1.82, 2.24) is 20.1 Å². The molecule has 0 saturated heterocycles. The Hall–Kier alpha value is -3.30. The van der Waals surface area contributed by atoms with Crippen LogP contribution >= 0.6 is 22.7 Å². The van der Waals surface area contributed by atoms with Crippen LogP contribution < -0.4 is 16.2 Å². The van der Waals surface area contributed by atoms with Crippen molar-refractivity contribution in [2.24, 2.45) is 0 Å². The highest BCUT2D eigenvalue weighted by molar-refractivity contribution is 7.23. The third kappa shape index (κ3) is 4.89. The smallest absolute Gasteiger partial charge is 0.319 e. The van der Waals surface area contributed by atoms with E-state index in [1.165, 1.54) is 10.7 Å². The molecule has 2 N–H and O–H groups in total. The number of nitrogens with one attached hydrogen (secondary N) is 2. The molecule has 0 spiro atoms. The molecule has 1 aromatic carbocycles. The molecule has 7 nitrogen and oxygen atoms in total. The summed E-state index contributed by atoms with van der Waals surface area (Å²) in [4.78, 5) is 31.1. The quantitative estimate of drug-likeness (QED) is 0.451. The summed E-state index contributed by atoms with van der Waals surface area (Å²) in [6, 6.07) is 14.5. The van der Waals surface area contributed by atoms with Crippen molar-refractivity contribution in [2.45, 2.75) is 20.4 Å². The summed E-state index contributed by atoms with van der Waals surface area (Å²) in [7, 11) is 0. The summed E-state index contributed by atoms with van der Waals surface area (Å²) in [5.74, 6) is 0. The molecular weight excluding hydrogens is 430 g/mol. The van der Waals surface area contributed by atoms with Crippen molar-refractivity contribution in [2.75, 3.05) is 11.9 Å². The van der Waals surface area contributed by atoms with E-state index in [-0.39, 0.29) is 24.7 Å². The van der Waals surface area contributed by atoms with Crippen LogP contribution in [-0.4, -0.2) is 27.3 Å². The van der Waals surface area contributed by atoms with Gasteiger partial charge < -0.3 is 10.6 Å². The van der Waals surface area contributed by atoms with Gasteiger partial charge in [0.1, 0.15) is 10.7 Å². The number of benzene rings is 1. The summed E-state index contributed by atoms with van der Waals surface area (Å²) in [6.45, 7) is 4.41. The topological polar surface area (TPSA) is 88.9 Å². The first-order chi connectivity index (χ1) is 15.0. The molecule has 2 amide bonds. The van der Waals surface area contributed by atoms with Gasteiger partial charge >= 0.3 is 6.03 Å². The molecule has 4 aromatic rings. The van der Waals surface area contributed by atoms with Gasteiger partial charge in [-0.2, -0.15) is 5.10 Å². The van der Waals surface area contributed by atoms with E-state index in [0.29, 0.717) is 5.69 Å². The molecule has 0 aliphatic carbocycles. The first kappa shape index (κ1) is 21.0. The second-order valence-corrected chi connectivity index (χ2v) is 8.83. The summed E-state index contributed by atoms with van der Waals surface area (Å²) in [5, 5.41) is 13.0. The molecular formula is C22H21N5O2S2. The number of aromatic nitrogens is 3. The Balaban J connectivity index is 1.43. The predicted molar refractivity (Wildman–Crippen MR) is 126 cm³/mol. The van der Waals surface area contributed by atoms with Crippen molar-refractivity contribution >= 4 is 34.4 Å². The van der Waals surface area contributed by atoms with Gasteiger partial charge in [0.05, 0.1) is 22.0 Å². The fourth-order valence-electron chi connectivity index (χ4n) is 3.02. The number of thiophene rings is 1. The summed E-state index contributed by atoms with van der Waals surface area (Å²) >= 11 is 3.20. The van der Waals surface area contributed by atoms with E-state index in [4.69, 9.17) is 0 Å².